The molecule has 1 saturated heterocycles. The number of nitrogens with two attached hydrogens (primary N) is 1. The lowest BCUT2D eigenvalue weighted by atomic mass is 9.70. The van der Waals surface area contributed by atoms with E-state index >= 15 is 0 Å². The standard InChI is InChI=1S/C13H18N2O.ClH/c14-10-12(16)13(6-8-15-9-7-13)11-4-2-1-3-5-11;/h1-5,15H,6-10,14H2;1H. The predicted octanol–water partition coefficient (Wildman–Crippen LogP) is 1.26. The first kappa shape index (κ1) is 14.2. The number of piperidine rings is 1. The average molecular weight is 255 g/mol. The highest BCUT2D eigenvalue weighted by molar-refractivity contribution is 5.91. The second kappa shape index (κ2) is 6.15. The van der Waals surface area contributed by atoms with Gasteiger partial charge < -0.3 is 11.1 Å². The maximum absolute atomic E-state index is 12.1. The van der Waals surface area contributed by atoms with Crippen molar-refractivity contribution in [3.63, 3.8) is 0 Å². The van der Waals surface area contributed by atoms with Crippen molar-refractivity contribution < 1.29 is 4.79 Å². The van der Waals surface area contributed by atoms with Crippen LogP contribution in [0.5, 0.6) is 0 Å². The molecule has 17 heavy (non-hydrogen) atoms. The summed E-state index contributed by atoms with van der Waals surface area (Å²) >= 11 is 0. The second-order valence-corrected chi connectivity index (χ2v) is 4.33. The molecule has 4 heteroatoms. The van der Waals surface area contributed by atoms with Crippen LogP contribution in [0.2, 0.25) is 0 Å². The largest absolute Gasteiger partial charge is 0.324 e. The maximum atomic E-state index is 12.1. The fraction of sp³-hybridized carbons (Fsp3) is 0.462. The second-order valence-electron chi connectivity index (χ2n) is 4.33. The Morgan fingerprint density at radius 1 is 1.24 bits per heavy atom. The van der Waals surface area contributed by atoms with Crippen molar-refractivity contribution in [1.82, 2.24) is 5.32 Å². The molecule has 94 valence electrons. The highest BCUT2D eigenvalue weighted by atomic mass is 35.5. The van der Waals surface area contributed by atoms with E-state index in [2.05, 4.69) is 5.32 Å². The van der Waals surface area contributed by atoms with E-state index in [4.69, 9.17) is 5.73 Å². The molecule has 0 bridgehead atoms. The molecule has 0 spiro atoms. The summed E-state index contributed by atoms with van der Waals surface area (Å²) in [5, 5.41) is 3.30. The summed E-state index contributed by atoms with van der Waals surface area (Å²) in [5.74, 6) is 0.167. The minimum atomic E-state index is -0.346. The highest BCUT2D eigenvalue weighted by Gasteiger charge is 2.39. The van der Waals surface area contributed by atoms with Crippen LogP contribution in [0.1, 0.15) is 18.4 Å². The first-order chi connectivity index (χ1) is 7.79. The van der Waals surface area contributed by atoms with E-state index in [-0.39, 0.29) is 30.2 Å². The van der Waals surface area contributed by atoms with Gasteiger partial charge in [-0.05, 0) is 31.5 Å². The molecule has 1 heterocycles. The number of carbonyl (C=O) groups is 1. The molecule has 0 aromatic heterocycles. The summed E-state index contributed by atoms with van der Waals surface area (Å²) < 4.78 is 0. The van der Waals surface area contributed by atoms with Gasteiger partial charge in [0.25, 0.3) is 0 Å². The van der Waals surface area contributed by atoms with Gasteiger partial charge in [0.2, 0.25) is 0 Å². The summed E-state index contributed by atoms with van der Waals surface area (Å²) in [7, 11) is 0. The van der Waals surface area contributed by atoms with E-state index in [9.17, 15) is 4.79 Å². The van der Waals surface area contributed by atoms with Crippen LogP contribution >= 0.6 is 12.4 Å². The Morgan fingerprint density at radius 3 is 2.35 bits per heavy atom. The minimum Gasteiger partial charge on any atom is -0.324 e. The van der Waals surface area contributed by atoms with E-state index in [1.807, 2.05) is 30.3 Å². The molecule has 1 fully saturated rings. The summed E-state index contributed by atoms with van der Waals surface area (Å²) in [4.78, 5) is 12.1. The van der Waals surface area contributed by atoms with Gasteiger partial charge in [-0.25, -0.2) is 0 Å². The van der Waals surface area contributed by atoms with Crippen molar-refractivity contribution in [3.05, 3.63) is 35.9 Å². The smallest absolute Gasteiger partial charge is 0.156 e. The molecule has 3 nitrogen and oxygen atoms in total. The number of ketones is 1. The minimum absolute atomic E-state index is 0. The third-order valence-corrected chi connectivity index (χ3v) is 3.50. The maximum Gasteiger partial charge on any atom is 0.156 e. The van der Waals surface area contributed by atoms with Crippen LogP contribution in [0.15, 0.2) is 30.3 Å². The van der Waals surface area contributed by atoms with Gasteiger partial charge in [-0.15, -0.1) is 12.4 Å². The SMILES string of the molecule is Cl.NCC(=O)C1(c2ccccc2)CCNCC1. The van der Waals surface area contributed by atoms with E-state index in [1.54, 1.807) is 0 Å². The number of carbonyl (C=O) groups excluding carboxylic acids is 1. The van der Waals surface area contributed by atoms with Crippen molar-refractivity contribution >= 4 is 18.2 Å². The van der Waals surface area contributed by atoms with Gasteiger partial charge in [-0.1, -0.05) is 30.3 Å². The summed E-state index contributed by atoms with van der Waals surface area (Å²) in [6.45, 7) is 1.91. The zero-order valence-electron chi connectivity index (χ0n) is 9.82. The first-order valence-electron chi connectivity index (χ1n) is 5.79. The molecule has 2 rings (SSSR count). The van der Waals surface area contributed by atoms with Crippen LogP contribution < -0.4 is 11.1 Å². The highest BCUT2D eigenvalue weighted by Crippen LogP contribution is 2.34. The lowest BCUT2D eigenvalue weighted by molar-refractivity contribution is -0.124. The van der Waals surface area contributed by atoms with Gasteiger partial charge in [0.1, 0.15) is 0 Å². The van der Waals surface area contributed by atoms with Crippen molar-refractivity contribution in [2.24, 2.45) is 5.73 Å². The molecule has 1 aromatic rings. The van der Waals surface area contributed by atoms with E-state index in [1.165, 1.54) is 0 Å². The Labute approximate surface area is 108 Å². The molecular weight excluding hydrogens is 236 g/mol. The van der Waals surface area contributed by atoms with Crippen LogP contribution in [0.4, 0.5) is 0 Å². The quantitative estimate of drug-likeness (QED) is 0.854. The van der Waals surface area contributed by atoms with Crippen LogP contribution in [0.25, 0.3) is 0 Å². The van der Waals surface area contributed by atoms with Crippen molar-refractivity contribution in [2.45, 2.75) is 18.3 Å². The predicted molar refractivity (Wildman–Crippen MR) is 71.5 cm³/mol. The Bertz CT molecular complexity index is 361. The fourth-order valence-corrected chi connectivity index (χ4v) is 2.53. The van der Waals surface area contributed by atoms with Gasteiger partial charge in [-0.2, -0.15) is 0 Å². The zero-order valence-corrected chi connectivity index (χ0v) is 10.6. The van der Waals surface area contributed by atoms with Crippen molar-refractivity contribution in [3.8, 4) is 0 Å². The van der Waals surface area contributed by atoms with Crippen LogP contribution in [0, 0.1) is 0 Å². The third-order valence-electron chi connectivity index (χ3n) is 3.50. The number of hydrogen-bond donors (Lipinski definition) is 2. The number of Topliss-reactive ketones (excluding diaryl/α,β-unsaturated/α-hetero) is 1. The molecule has 0 aliphatic carbocycles. The van der Waals surface area contributed by atoms with Crippen molar-refractivity contribution in [1.29, 1.82) is 0 Å². The van der Waals surface area contributed by atoms with Gasteiger partial charge >= 0.3 is 0 Å². The van der Waals surface area contributed by atoms with Crippen LogP contribution in [-0.4, -0.2) is 25.4 Å². The zero-order chi connectivity index (χ0) is 11.4. The van der Waals surface area contributed by atoms with E-state index in [0.29, 0.717) is 0 Å². The number of hydrogen-bond acceptors (Lipinski definition) is 3. The van der Waals surface area contributed by atoms with Gasteiger partial charge in [0, 0.05) is 0 Å². The average Bonchev–Trinajstić information content (AvgIpc) is 2.39. The number of nitrogens with one attached hydrogen (secondary N) is 1. The number of halogens is 1. The molecule has 0 amide bonds. The lowest BCUT2D eigenvalue weighted by Crippen LogP contribution is -2.47. The summed E-state index contributed by atoms with van der Waals surface area (Å²) in [6.07, 6.45) is 1.71. The van der Waals surface area contributed by atoms with Crippen molar-refractivity contribution in [2.75, 3.05) is 19.6 Å². The summed E-state index contributed by atoms with van der Waals surface area (Å²) in [6, 6.07) is 10.0. The normalized spacial score (nSPS) is 18.2. The summed E-state index contributed by atoms with van der Waals surface area (Å²) in [5.41, 5.74) is 6.33. The molecule has 0 saturated carbocycles. The molecular formula is C13H19ClN2O. The Hall–Kier alpha value is -0.900. The topological polar surface area (TPSA) is 55.1 Å². The first-order valence-corrected chi connectivity index (χ1v) is 5.79. The molecule has 0 atom stereocenters. The molecule has 0 unspecified atom stereocenters. The Balaban J connectivity index is 0.00000144. The molecule has 1 aromatic carbocycles. The van der Waals surface area contributed by atoms with Gasteiger partial charge in [0.15, 0.2) is 5.78 Å². The Morgan fingerprint density at radius 2 is 1.82 bits per heavy atom. The van der Waals surface area contributed by atoms with E-state index in [0.717, 1.165) is 31.5 Å². The van der Waals surface area contributed by atoms with Crippen LogP contribution in [0.3, 0.4) is 0 Å². The van der Waals surface area contributed by atoms with Crippen LogP contribution in [-0.2, 0) is 10.2 Å². The van der Waals surface area contributed by atoms with E-state index < -0.39 is 0 Å². The number of rotatable bonds is 3. The molecule has 1 aliphatic heterocycles. The number of benzene rings is 1. The Kier molecular flexibility index (Phi) is 5.12. The molecule has 0 radical (unpaired) electrons. The molecule has 3 N–H and O–H groups in total. The molecule has 1 aliphatic rings. The lowest BCUT2D eigenvalue weighted by Gasteiger charge is -2.36. The monoisotopic (exact) mass is 254 g/mol. The van der Waals surface area contributed by atoms with Gasteiger partial charge in [0.05, 0.1) is 12.0 Å². The fourth-order valence-electron chi connectivity index (χ4n) is 2.53. The van der Waals surface area contributed by atoms with Gasteiger partial charge in [-0.3, -0.25) is 4.79 Å². The third kappa shape index (κ3) is 2.68.